The van der Waals surface area contributed by atoms with E-state index in [0.717, 1.165) is 0 Å². The number of nitrogens with two attached hydrogens (primary N) is 1. The number of methoxy groups -OCH3 is 1. The highest BCUT2D eigenvalue weighted by atomic mass is 16.5. The van der Waals surface area contributed by atoms with Crippen LogP contribution in [0.4, 0.5) is 0 Å². The van der Waals surface area contributed by atoms with Crippen molar-refractivity contribution in [1.82, 2.24) is 5.32 Å². The summed E-state index contributed by atoms with van der Waals surface area (Å²) in [7, 11) is 1.49. The van der Waals surface area contributed by atoms with Crippen molar-refractivity contribution in [2.75, 3.05) is 20.2 Å². The van der Waals surface area contributed by atoms with E-state index in [1.54, 1.807) is 0 Å². The quantitative estimate of drug-likeness (QED) is 0.601. The second-order valence-corrected chi connectivity index (χ2v) is 5.90. The van der Waals surface area contributed by atoms with Crippen LogP contribution in [0.25, 0.3) is 0 Å². The zero-order valence-electron chi connectivity index (χ0n) is 12.2. The standard InChI is InChI=1S/C13H26N2O4/c1-13(2,3)6-9(12(17)18)8-15-11(16)5-10(7-14)19-4/h9-10H,5-8,14H2,1-4H3,(H,15,16)(H,17,18). The molecule has 6 heteroatoms. The second kappa shape index (κ2) is 8.12. The lowest BCUT2D eigenvalue weighted by molar-refractivity contribution is -0.142. The topological polar surface area (TPSA) is 102 Å². The van der Waals surface area contributed by atoms with Crippen molar-refractivity contribution in [2.45, 2.75) is 39.7 Å². The van der Waals surface area contributed by atoms with Gasteiger partial charge in [-0.2, -0.15) is 0 Å². The molecule has 19 heavy (non-hydrogen) atoms. The van der Waals surface area contributed by atoms with Crippen molar-refractivity contribution in [1.29, 1.82) is 0 Å². The van der Waals surface area contributed by atoms with Crippen molar-refractivity contribution in [3.8, 4) is 0 Å². The average Bonchev–Trinajstić information content (AvgIpc) is 2.29. The van der Waals surface area contributed by atoms with Gasteiger partial charge in [0.2, 0.25) is 5.91 Å². The first kappa shape index (κ1) is 17.9. The molecule has 0 aromatic carbocycles. The minimum Gasteiger partial charge on any atom is -0.481 e. The molecular weight excluding hydrogens is 248 g/mol. The minimum atomic E-state index is -0.891. The first-order valence-corrected chi connectivity index (χ1v) is 6.42. The van der Waals surface area contributed by atoms with Crippen LogP contribution in [0.5, 0.6) is 0 Å². The SMILES string of the molecule is COC(CN)CC(=O)NCC(CC(C)(C)C)C(=O)O. The zero-order valence-corrected chi connectivity index (χ0v) is 12.2. The average molecular weight is 274 g/mol. The van der Waals surface area contributed by atoms with Crippen molar-refractivity contribution in [3.63, 3.8) is 0 Å². The molecule has 0 aliphatic rings. The highest BCUT2D eigenvalue weighted by Gasteiger charge is 2.25. The maximum Gasteiger partial charge on any atom is 0.308 e. The molecule has 0 aromatic rings. The molecule has 0 bridgehead atoms. The largest absolute Gasteiger partial charge is 0.481 e. The Balaban J connectivity index is 4.25. The summed E-state index contributed by atoms with van der Waals surface area (Å²) in [6, 6.07) is 0. The number of aliphatic carboxylic acids is 1. The smallest absolute Gasteiger partial charge is 0.308 e. The summed E-state index contributed by atoms with van der Waals surface area (Å²) < 4.78 is 5.00. The summed E-state index contributed by atoms with van der Waals surface area (Å²) in [5, 5.41) is 11.8. The van der Waals surface area contributed by atoms with E-state index in [9.17, 15) is 9.59 Å². The monoisotopic (exact) mass is 274 g/mol. The predicted molar refractivity (Wildman–Crippen MR) is 72.7 cm³/mol. The van der Waals surface area contributed by atoms with E-state index >= 15 is 0 Å². The minimum absolute atomic E-state index is 0.0971. The summed E-state index contributed by atoms with van der Waals surface area (Å²) in [6.45, 7) is 6.31. The number of nitrogens with one attached hydrogen (secondary N) is 1. The maximum absolute atomic E-state index is 11.6. The van der Waals surface area contributed by atoms with Crippen LogP contribution in [0.1, 0.15) is 33.6 Å². The van der Waals surface area contributed by atoms with Gasteiger partial charge in [-0.25, -0.2) is 0 Å². The molecule has 0 heterocycles. The zero-order chi connectivity index (χ0) is 15.1. The number of carbonyl (C=O) groups is 2. The van der Waals surface area contributed by atoms with E-state index in [2.05, 4.69) is 5.32 Å². The Kier molecular flexibility index (Phi) is 7.63. The Bertz CT molecular complexity index is 296. The van der Waals surface area contributed by atoms with Gasteiger partial charge in [-0.15, -0.1) is 0 Å². The maximum atomic E-state index is 11.6. The van der Waals surface area contributed by atoms with Gasteiger partial charge in [0, 0.05) is 20.2 Å². The van der Waals surface area contributed by atoms with Crippen LogP contribution >= 0.6 is 0 Å². The van der Waals surface area contributed by atoms with Crippen molar-refractivity contribution < 1.29 is 19.4 Å². The Hall–Kier alpha value is -1.14. The van der Waals surface area contributed by atoms with Crippen LogP contribution in [0, 0.1) is 11.3 Å². The van der Waals surface area contributed by atoms with Gasteiger partial charge in [0.15, 0.2) is 0 Å². The van der Waals surface area contributed by atoms with Crippen LogP contribution in [-0.2, 0) is 14.3 Å². The number of hydrogen-bond acceptors (Lipinski definition) is 4. The number of hydrogen-bond donors (Lipinski definition) is 3. The molecule has 0 saturated heterocycles. The third-order valence-electron chi connectivity index (χ3n) is 2.76. The van der Waals surface area contributed by atoms with Crippen LogP contribution in [-0.4, -0.2) is 43.3 Å². The molecule has 1 amide bonds. The van der Waals surface area contributed by atoms with Gasteiger partial charge in [-0.3, -0.25) is 9.59 Å². The Labute approximate surface area is 114 Å². The van der Waals surface area contributed by atoms with Gasteiger partial charge in [0.1, 0.15) is 0 Å². The summed E-state index contributed by atoms with van der Waals surface area (Å²) >= 11 is 0. The number of ether oxygens (including phenoxy) is 1. The molecule has 0 aromatic heterocycles. The fourth-order valence-corrected chi connectivity index (χ4v) is 1.76. The summed E-state index contributed by atoms with van der Waals surface area (Å²) in [5.41, 5.74) is 5.32. The van der Waals surface area contributed by atoms with Crippen LogP contribution < -0.4 is 11.1 Å². The molecule has 2 atom stereocenters. The first-order chi connectivity index (χ1) is 8.69. The van der Waals surface area contributed by atoms with Gasteiger partial charge in [-0.05, 0) is 11.8 Å². The van der Waals surface area contributed by atoms with Gasteiger partial charge >= 0.3 is 5.97 Å². The lowest BCUT2D eigenvalue weighted by atomic mass is 9.84. The Morgan fingerprint density at radius 3 is 2.32 bits per heavy atom. The number of carbonyl (C=O) groups excluding carboxylic acids is 1. The normalized spacial score (nSPS) is 14.8. The molecule has 0 aliphatic carbocycles. The molecule has 0 radical (unpaired) electrons. The van der Waals surface area contributed by atoms with Gasteiger partial charge < -0.3 is 20.9 Å². The Morgan fingerprint density at radius 1 is 1.37 bits per heavy atom. The van der Waals surface area contributed by atoms with E-state index < -0.39 is 11.9 Å². The lowest BCUT2D eigenvalue weighted by Crippen LogP contribution is -2.37. The predicted octanol–water partition coefficient (Wildman–Crippen LogP) is 0.603. The Morgan fingerprint density at radius 2 is 1.95 bits per heavy atom. The molecule has 0 aliphatic heterocycles. The number of carboxylic acids is 1. The van der Waals surface area contributed by atoms with E-state index in [1.807, 2.05) is 20.8 Å². The molecule has 0 fully saturated rings. The highest BCUT2D eigenvalue weighted by Crippen LogP contribution is 2.24. The summed E-state index contributed by atoms with van der Waals surface area (Å²) in [6.07, 6.45) is 0.327. The molecule has 2 unspecified atom stereocenters. The van der Waals surface area contributed by atoms with Gasteiger partial charge in [0.05, 0.1) is 18.4 Å². The van der Waals surface area contributed by atoms with Crippen LogP contribution in [0.2, 0.25) is 0 Å². The third kappa shape index (κ3) is 8.56. The summed E-state index contributed by atoms with van der Waals surface area (Å²) in [4.78, 5) is 22.8. The van der Waals surface area contributed by atoms with E-state index in [-0.39, 0.29) is 36.9 Å². The highest BCUT2D eigenvalue weighted by molar-refractivity contribution is 5.77. The van der Waals surface area contributed by atoms with Crippen molar-refractivity contribution >= 4 is 11.9 Å². The molecule has 112 valence electrons. The molecular formula is C13H26N2O4. The molecule has 0 saturated carbocycles. The van der Waals surface area contributed by atoms with Crippen LogP contribution in [0.3, 0.4) is 0 Å². The first-order valence-electron chi connectivity index (χ1n) is 6.42. The van der Waals surface area contributed by atoms with Crippen molar-refractivity contribution in [2.24, 2.45) is 17.1 Å². The lowest BCUT2D eigenvalue weighted by Gasteiger charge is -2.23. The second-order valence-electron chi connectivity index (χ2n) is 5.90. The third-order valence-corrected chi connectivity index (χ3v) is 2.76. The molecule has 4 N–H and O–H groups in total. The van der Waals surface area contributed by atoms with Gasteiger partial charge in [-0.1, -0.05) is 20.8 Å². The van der Waals surface area contributed by atoms with E-state index in [4.69, 9.17) is 15.6 Å². The number of carboxylic acid groups (broad SMARTS) is 1. The molecule has 6 nitrogen and oxygen atoms in total. The van der Waals surface area contributed by atoms with Gasteiger partial charge in [0.25, 0.3) is 0 Å². The van der Waals surface area contributed by atoms with Crippen molar-refractivity contribution in [3.05, 3.63) is 0 Å². The van der Waals surface area contributed by atoms with E-state index in [0.29, 0.717) is 6.42 Å². The molecule has 0 spiro atoms. The fraction of sp³-hybridized carbons (Fsp3) is 0.846. The number of rotatable bonds is 8. The fourth-order valence-electron chi connectivity index (χ4n) is 1.76. The molecule has 0 rings (SSSR count). The van der Waals surface area contributed by atoms with E-state index in [1.165, 1.54) is 7.11 Å². The number of amides is 1. The summed E-state index contributed by atoms with van der Waals surface area (Å²) in [5.74, 6) is -1.71. The van der Waals surface area contributed by atoms with Crippen LogP contribution in [0.15, 0.2) is 0 Å².